The summed E-state index contributed by atoms with van der Waals surface area (Å²) in [6, 6.07) is -1.15. The number of urea groups is 1. The van der Waals surface area contributed by atoms with Gasteiger partial charge >= 0.3 is 12.0 Å². The van der Waals surface area contributed by atoms with Gasteiger partial charge < -0.3 is 15.0 Å². The largest absolute Gasteiger partial charge is 0.458 e. The first kappa shape index (κ1) is 14.4. The van der Waals surface area contributed by atoms with Crippen LogP contribution in [0.2, 0.25) is 0 Å². The molecule has 0 saturated carbocycles. The van der Waals surface area contributed by atoms with Crippen LogP contribution in [0.4, 0.5) is 9.18 Å². The lowest BCUT2D eigenvalue weighted by Crippen LogP contribution is -2.51. The van der Waals surface area contributed by atoms with E-state index < -0.39 is 17.9 Å². The van der Waals surface area contributed by atoms with Crippen LogP contribution in [0.15, 0.2) is 17.4 Å². The molecule has 1 N–H and O–H groups in total. The van der Waals surface area contributed by atoms with Crippen LogP contribution in [0.3, 0.4) is 0 Å². The van der Waals surface area contributed by atoms with Crippen LogP contribution in [0.1, 0.15) is 12.8 Å². The summed E-state index contributed by atoms with van der Waals surface area (Å²) in [5.74, 6) is -0.757. The monoisotopic (exact) mass is 307 g/mol. The van der Waals surface area contributed by atoms with Gasteiger partial charge in [0.2, 0.25) is 0 Å². The van der Waals surface area contributed by atoms with Crippen LogP contribution in [0, 0.1) is 5.82 Å². The summed E-state index contributed by atoms with van der Waals surface area (Å²) in [7, 11) is 0. The van der Waals surface area contributed by atoms with E-state index in [4.69, 9.17) is 4.74 Å². The number of aromatic nitrogens is 2. The Morgan fingerprint density at radius 2 is 2.18 bits per heavy atom. The standard InChI is InChI=1S/C13H14FN5O3/c14-8-4-16-13(17-5-8)22-9-2-1-3-19(7-9)11(20)10-6-15-12(21)18-10/h4-6,9-10H,1-3,7H2,(H,18,21). The second-order valence-corrected chi connectivity index (χ2v) is 5.06. The molecule has 2 aliphatic heterocycles. The minimum absolute atomic E-state index is 0.0800. The normalized spacial score (nSPS) is 24.2. The summed E-state index contributed by atoms with van der Waals surface area (Å²) >= 11 is 0. The Morgan fingerprint density at radius 3 is 2.86 bits per heavy atom. The van der Waals surface area contributed by atoms with Gasteiger partial charge in [-0.3, -0.25) is 4.79 Å². The van der Waals surface area contributed by atoms with Crippen molar-refractivity contribution in [3.8, 4) is 6.01 Å². The lowest BCUT2D eigenvalue weighted by atomic mass is 10.1. The molecular weight excluding hydrogens is 293 g/mol. The Labute approximate surface area is 125 Å². The zero-order valence-corrected chi connectivity index (χ0v) is 11.6. The lowest BCUT2D eigenvalue weighted by molar-refractivity contribution is -0.134. The molecule has 1 aromatic heterocycles. The van der Waals surface area contributed by atoms with Crippen molar-refractivity contribution in [2.24, 2.45) is 4.99 Å². The van der Waals surface area contributed by atoms with Crippen molar-refractivity contribution in [3.63, 3.8) is 0 Å². The van der Waals surface area contributed by atoms with E-state index in [1.54, 1.807) is 4.90 Å². The molecule has 0 bridgehead atoms. The first-order chi connectivity index (χ1) is 10.6. The molecule has 0 radical (unpaired) electrons. The van der Waals surface area contributed by atoms with E-state index in [9.17, 15) is 14.0 Å². The SMILES string of the molecule is O=C1N=CC(C(=O)N2CCCC(Oc3ncc(F)cn3)C2)N1. The van der Waals surface area contributed by atoms with Crippen molar-refractivity contribution in [2.45, 2.75) is 25.0 Å². The number of rotatable bonds is 3. The third kappa shape index (κ3) is 3.18. The van der Waals surface area contributed by atoms with Crippen molar-refractivity contribution in [1.82, 2.24) is 20.2 Å². The maximum atomic E-state index is 12.8. The minimum atomic E-state index is -0.715. The maximum Gasteiger partial charge on any atom is 0.341 e. The molecular formula is C13H14FN5O3. The molecule has 1 fully saturated rings. The number of amides is 3. The number of hydrogen-bond acceptors (Lipinski definition) is 5. The van der Waals surface area contributed by atoms with Crippen LogP contribution >= 0.6 is 0 Å². The van der Waals surface area contributed by atoms with Gasteiger partial charge in [-0.1, -0.05) is 0 Å². The molecule has 1 saturated heterocycles. The number of halogens is 1. The fourth-order valence-corrected chi connectivity index (χ4v) is 2.42. The van der Waals surface area contributed by atoms with Crippen LogP contribution in [0.25, 0.3) is 0 Å². The maximum absolute atomic E-state index is 12.8. The fourth-order valence-electron chi connectivity index (χ4n) is 2.42. The molecule has 3 rings (SSSR count). The number of nitrogens with one attached hydrogen (secondary N) is 1. The van der Waals surface area contributed by atoms with Crippen LogP contribution < -0.4 is 10.1 Å². The van der Waals surface area contributed by atoms with Crippen molar-refractivity contribution >= 4 is 18.2 Å². The minimum Gasteiger partial charge on any atom is -0.458 e. The summed E-state index contributed by atoms with van der Waals surface area (Å²) < 4.78 is 18.3. The zero-order valence-electron chi connectivity index (χ0n) is 11.6. The van der Waals surface area contributed by atoms with E-state index in [0.29, 0.717) is 13.1 Å². The molecule has 3 amide bonds. The molecule has 116 valence electrons. The molecule has 0 spiro atoms. The fraction of sp³-hybridized carbons (Fsp3) is 0.462. The molecule has 2 aliphatic rings. The van der Waals surface area contributed by atoms with E-state index in [1.165, 1.54) is 6.21 Å². The van der Waals surface area contributed by atoms with Gasteiger partial charge in [-0.25, -0.2) is 24.1 Å². The van der Waals surface area contributed by atoms with E-state index in [1.807, 2.05) is 0 Å². The number of carbonyl (C=O) groups excluding carboxylic acids is 2. The van der Waals surface area contributed by atoms with Gasteiger partial charge in [0.15, 0.2) is 5.82 Å². The number of piperidine rings is 1. The highest BCUT2D eigenvalue weighted by molar-refractivity contribution is 6.07. The van der Waals surface area contributed by atoms with Gasteiger partial charge in [0.05, 0.1) is 18.9 Å². The van der Waals surface area contributed by atoms with Crippen LogP contribution in [-0.2, 0) is 4.79 Å². The Bertz CT molecular complexity index is 606. The number of aliphatic imine (C=N–C) groups is 1. The van der Waals surface area contributed by atoms with Gasteiger partial charge in [-0.15, -0.1) is 0 Å². The number of likely N-dealkylation sites (tertiary alicyclic amines) is 1. The topological polar surface area (TPSA) is 96.8 Å². The molecule has 22 heavy (non-hydrogen) atoms. The first-order valence-electron chi connectivity index (χ1n) is 6.89. The van der Waals surface area contributed by atoms with Crippen molar-refractivity contribution in [3.05, 3.63) is 18.2 Å². The predicted octanol–water partition coefficient (Wildman–Crippen LogP) is 0.148. The smallest absolute Gasteiger partial charge is 0.341 e. The summed E-state index contributed by atoms with van der Waals surface area (Å²) in [6.45, 7) is 0.947. The van der Waals surface area contributed by atoms with Crippen molar-refractivity contribution < 1.29 is 18.7 Å². The average molecular weight is 307 g/mol. The first-order valence-corrected chi connectivity index (χ1v) is 6.89. The summed E-state index contributed by atoms with van der Waals surface area (Å²) in [4.78, 5) is 35.9. The molecule has 0 aliphatic carbocycles. The molecule has 1 aromatic rings. The molecule has 8 nitrogen and oxygen atoms in total. The predicted molar refractivity (Wildman–Crippen MR) is 73.0 cm³/mol. The highest BCUT2D eigenvalue weighted by Gasteiger charge is 2.32. The second-order valence-electron chi connectivity index (χ2n) is 5.06. The van der Waals surface area contributed by atoms with Crippen molar-refractivity contribution in [1.29, 1.82) is 0 Å². The van der Waals surface area contributed by atoms with Gasteiger partial charge in [-0.05, 0) is 12.8 Å². The van der Waals surface area contributed by atoms with Gasteiger partial charge in [0.25, 0.3) is 5.91 Å². The molecule has 0 aromatic carbocycles. The summed E-state index contributed by atoms with van der Waals surface area (Å²) in [5.41, 5.74) is 0. The number of nitrogens with zero attached hydrogens (tertiary/aromatic N) is 4. The Hall–Kier alpha value is -2.58. The van der Waals surface area contributed by atoms with Crippen molar-refractivity contribution in [2.75, 3.05) is 13.1 Å². The average Bonchev–Trinajstić information content (AvgIpc) is 2.96. The lowest BCUT2D eigenvalue weighted by Gasteiger charge is -2.33. The Kier molecular flexibility index (Phi) is 3.94. The van der Waals surface area contributed by atoms with Gasteiger partial charge in [0.1, 0.15) is 12.1 Å². The highest BCUT2D eigenvalue weighted by atomic mass is 19.1. The molecule has 2 unspecified atom stereocenters. The zero-order chi connectivity index (χ0) is 15.5. The van der Waals surface area contributed by atoms with E-state index in [0.717, 1.165) is 25.2 Å². The van der Waals surface area contributed by atoms with E-state index in [2.05, 4.69) is 20.3 Å². The van der Waals surface area contributed by atoms with Crippen LogP contribution in [0.5, 0.6) is 6.01 Å². The quantitative estimate of drug-likeness (QED) is 0.857. The molecule has 9 heteroatoms. The second kappa shape index (κ2) is 6.04. The summed E-state index contributed by atoms with van der Waals surface area (Å²) in [6.07, 6.45) is 4.60. The molecule has 2 atom stereocenters. The number of carbonyl (C=O) groups is 2. The third-order valence-electron chi connectivity index (χ3n) is 3.44. The number of hydrogen-bond donors (Lipinski definition) is 1. The number of ether oxygens (including phenoxy) is 1. The third-order valence-corrected chi connectivity index (χ3v) is 3.44. The van der Waals surface area contributed by atoms with E-state index >= 15 is 0 Å². The van der Waals surface area contributed by atoms with Gasteiger partial charge in [-0.2, -0.15) is 0 Å². The van der Waals surface area contributed by atoms with E-state index in [-0.39, 0.29) is 18.0 Å². The summed E-state index contributed by atoms with van der Waals surface area (Å²) in [5, 5.41) is 2.46. The molecule has 3 heterocycles. The highest BCUT2D eigenvalue weighted by Crippen LogP contribution is 2.16. The van der Waals surface area contributed by atoms with Crippen LogP contribution in [-0.4, -0.2) is 58.3 Å². The Balaban J connectivity index is 1.59. The Morgan fingerprint density at radius 1 is 1.41 bits per heavy atom. The van der Waals surface area contributed by atoms with Gasteiger partial charge in [0, 0.05) is 12.8 Å².